The second-order valence-electron chi connectivity index (χ2n) is 5.18. The van der Waals surface area contributed by atoms with E-state index in [1.165, 1.54) is 6.42 Å². The van der Waals surface area contributed by atoms with Crippen molar-refractivity contribution in [3.8, 4) is 5.75 Å². The maximum atomic E-state index is 5.87. The molecule has 2 unspecified atom stereocenters. The molecule has 100 valence electrons. The molecule has 2 rings (SSSR count). The summed E-state index contributed by atoms with van der Waals surface area (Å²) in [6, 6.07) is 4.46. The van der Waals surface area contributed by atoms with Gasteiger partial charge >= 0.3 is 0 Å². The highest BCUT2D eigenvalue weighted by Gasteiger charge is 2.30. The van der Waals surface area contributed by atoms with Crippen LogP contribution in [-0.4, -0.2) is 36.1 Å². The lowest BCUT2D eigenvalue weighted by molar-refractivity contribution is 0.225. The highest BCUT2D eigenvalue weighted by Crippen LogP contribution is 2.25. The normalized spacial score (nSPS) is 24.4. The van der Waals surface area contributed by atoms with Gasteiger partial charge in [-0.05, 0) is 25.8 Å². The van der Waals surface area contributed by atoms with Crippen LogP contribution < -0.4 is 10.5 Å². The van der Waals surface area contributed by atoms with E-state index in [1.807, 2.05) is 19.1 Å². The molecular weight excluding hydrogens is 226 g/mol. The Morgan fingerprint density at radius 1 is 1.50 bits per heavy atom. The van der Waals surface area contributed by atoms with Crippen molar-refractivity contribution >= 4 is 0 Å². The molecule has 1 aliphatic rings. The third-order valence-corrected chi connectivity index (χ3v) is 3.82. The average Bonchev–Trinajstić information content (AvgIpc) is 2.69. The Bertz CT molecular complexity index is 408. The molecule has 2 atom stereocenters. The Kier molecular flexibility index (Phi) is 4.19. The fraction of sp³-hybridized carbons (Fsp3) is 0.643. The molecule has 0 saturated carbocycles. The number of nitrogens with two attached hydrogens (primary N) is 1. The number of ether oxygens (including phenoxy) is 1. The monoisotopic (exact) mass is 249 g/mol. The van der Waals surface area contributed by atoms with Gasteiger partial charge in [0.25, 0.3) is 0 Å². The number of aromatic nitrogens is 1. The van der Waals surface area contributed by atoms with Crippen LogP contribution in [-0.2, 0) is 6.54 Å². The van der Waals surface area contributed by atoms with Crippen LogP contribution in [0.1, 0.15) is 24.7 Å². The van der Waals surface area contributed by atoms with Gasteiger partial charge in [-0.2, -0.15) is 0 Å². The second kappa shape index (κ2) is 5.67. The van der Waals surface area contributed by atoms with E-state index in [4.69, 9.17) is 10.5 Å². The number of nitrogens with zero attached hydrogens (tertiary/aromatic N) is 2. The van der Waals surface area contributed by atoms with E-state index in [1.54, 1.807) is 7.11 Å². The molecule has 0 aromatic carbocycles. The van der Waals surface area contributed by atoms with Crippen molar-refractivity contribution < 1.29 is 4.74 Å². The van der Waals surface area contributed by atoms with E-state index in [-0.39, 0.29) is 0 Å². The van der Waals surface area contributed by atoms with Crippen LogP contribution in [0.25, 0.3) is 0 Å². The summed E-state index contributed by atoms with van der Waals surface area (Å²) in [5.41, 5.74) is 7.94. The van der Waals surface area contributed by atoms with E-state index in [0.717, 1.165) is 36.8 Å². The fourth-order valence-electron chi connectivity index (χ4n) is 2.78. The number of pyridine rings is 1. The zero-order chi connectivity index (χ0) is 13.1. The zero-order valence-electron chi connectivity index (χ0n) is 11.5. The summed E-state index contributed by atoms with van der Waals surface area (Å²) in [7, 11) is 1.69. The van der Waals surface area contributed by atoms with Gasteiger partial charge in [0.15, 0.2) is 0 Å². The van der Waals surface area contributed by atoms with Crippen LogP contribution in [0.15, 0.2) is 12.1 Å². The van der Waals surface area contributed by atoms with E-state index in [2.05, 4.69) is 16.8 Å². The average molecular weight is 249 g/mol. The molecule has 1 saturated heterocycles. The van der Waals surface area contributed by atoms with Crippen LogP contribution in [0.2, 0.25) is 0 Å². The number of rotatable bonds is 4. The number of hydrogen-bond donors (Lipinski definition) is 1. The minimum Gasteiger partial charge on any atom is -0.497 e. The zero-order valence-corrected chi connectivity index (χ0v) is 11.5. The van der Waals surface area contributed by atoms with Gasteiger partial charge in [0.1, 0.15) is 5.75 Å². The second-order valence-corrected chi connectivity index (χ2v) is 5.18. The Morgan fingerprint density at radius 2 is 2.28 bits per heavy atom. The molecule has 0 bridgehead atoms. The van der Waals surface area contributed by atoms with E-state index >= 15 is 0 Å². The molecule has 1 aliphatic heterocycles. The smallest absolute Gasteiger partial charge is 0.122 e. The summed E-state index contributed by atoms with van der Waals surface area (Å²) < 4.78 is 5.29. The van der Waals surface area contributed by atoms with Crippen molar-refractivity contribution in [2.24, 2.45) is 11.7 Å². The van der Waals surface area contributed by atoms with Crippen LogP contribution in [0, 0.1) is 12.8 Å². The maximum absolute atomic E-state index is 5.87. The lowest BCUT2D eigenvalue weighted by atomic mass is 10.0. The minimum absolute atomic E-state index is 0.485. The molecule has 0 aliphatic carbocycles. The first-order chi connectivity index (χ1) is 8.63. The van der Waals surface area contributed by atoms with E-state index in [9.17, 15) is 0 Å². The molecule has 0 radical (unpaired) electrons. The summed E-state index contributed by atoms with van der Waals surface area (Å²) in [4.78, 5) is 7.01. The van der Waals surface area contributed by atoms with Crippen molar-refractivity contribution in [2.75, 3.05) is 20.2 Å². The summed E-state index contributed by atoms with van der Waals surface area (Å²) in [6.07, 6.45) is 1.23. The summed E-state index contributed by atoms with van der Waals surface area (Å²) in [5, 5.41) is 0. The van der Waals surface area contributed by atoms with E-state index < -0.39 is 0 Å². The molecule has 18 heavy (non-hydrogen) atoms. The van der Waals surface area contributed by atoms with Crippen LogP contribution >= 0.6 is 0 Å². The Labute approximate surface area is 109 Å². The molecule has 1 aromatic heterocycles. The van der Waals surface area contributed by atoms with Gasteiger partial charge in [0, 0.05) is 37.0 Å². The summed E-state index contributed by atoms with van der Waals surface area (Å²) in [6.45, 7) is 6.98. The van der Waals surface area contributed by atoms with E-state index in [0.29, 0.717) is 12.0 Å². The van der Waals surface area contributed by atoms with Crippen molar-refractivity contribution in [1.82, 2.24) is 9.88 Å². The van der Waals surface area contributed by atoms with Crippen LogP contribution in [0.3, 0.4) is 0 Å². The molecular formula is C14H23N3O. The molecule has 4 heteroatoms. The van der Waals surface area contributed by atoms with Gasteiger partial charge in [-0.3, -0.25) is 9.88 Å². The third kappa shape index (κ3) is 2.82. The van der Waals surface area contributed by atoms with Crippen molar-refractivity contribution in [3.05, 3.63) is 23.5 Å². The third-order valence-electron chi connectivity index (χ3n) is 3.82. The first-order valence-corrected chi connectivity index (χ1v) is 6.59. The van der Waals surface area contributed by atoms with Gasteiger partial charge < -0.3 is 10.5 Å². The Hall–Kier alpha value is -1.13. The Balaban J connectivity index is 2.11. The van der Waals surface area contributed by atoms with Crippen LogP contribution in [0.4, 0.5) is 0 Å². The van der Waals surface area contributed by atoms with Gasteiger partial charge in [-0.25, -0.2) is 0 Å². The molecule has 1 fully saturated rings. The number of hydrogen-bond acceptors (Lipinski definition) is 4. The Morgan fingerprint density at radius 3 is 2.94 bits per heavy atom. The summed E-state index contributed by atoms with van der Waals surface area (Å²) in [5.74, 6) is 1.57. The van der Waals surface area contributed by atoms with Crippen molar-refractivity contribution in [3.63, 3.8) is 0 Å². The van der Waals surface area contributed by atoms with Crippen molar-refractivity contribution in [2.45, 2.75) is 32.9 Å². The first-order valence-electron chi connectivity index (χ1n) is 6.59. The van der Waals surface area contributed by atoms with Gasteiger partial charge in [-0.1, -0.05) is 6.92 Å². The largest absolute Gasteiger partial charge is 0.497 e. The lowest BCUT2D eigenvalue weighted by Crippen LogP contribution is -2.38. The molecule has 4 nitrogen and oxygen atoms in total. The van der Waals surface area contributed by atoms with Gasteiger partial charge in [-0.15, -0.1) is 0 Å². The number of aryl methyl sites for hydroxylation is 1. The SMILES string of the molecule is COc1cc(C)nc(CN2CCC(C)C2CN)c1. The number of methoxy groups -OCH3 is 1. The minimum atomic E-state index is 0.485. The molecule has 1 aromatic rings. The highest BCUT2D eigenvalue weighted by atomic mass is 16.5. The van der Waals surface area contributed by atoms with Gasteiger partial charge in [0.05, 0.1) is 12.8 Å². The lowest BCUT2D eigenvalue weighted by Gasteiger charge is -2.25. The highest BCUT2D eigenvalue weighted by molar-refractivity contribution is 5.26. The maximum Gasteiger partial charge on any atom is 0.122 e. The first kappa shape index (κ1) is 13.3. The van der Waals surface area contributed by atoms with Gasteiger partial charge in [0.2, 0.25) is 0 Å². The molecule has 2 heterocycles. The molecule has 0 amide bonds. The molecule has 0 spiro atoms. The predicted octanol–water partition coefficient (Wildman–Crippen LogP) is 1.57. The summed E-state index contributed by atoms with van der Waals surface area (Å²) >= 11 is 0. The molecule has 2 N–H and O–H groups in total. The van der Waals surface area contributed by atoms with Crippen LogP contribution in [0.5, 0.6) is 5.75 Å². The van der Waals surface area contributed by atoms with Crippen molar-refractivity contribution in [1.29, 1.82) is 0 Å². The fourth-order valence-corrected chi connectivity index (χ4v) is 2.78. The standard InChI is InChI=1S/C14H23N3O/c1-10-4-5-17(14(10)8-15)9-12-7-13(18-3)6-11(2)16-12/h6-7,10,14H,4-5,8-9,15H2,1-3H3. The number of likely N-dealkylation sites (tertiary alicyclic amines) is 1. The predicted molar refractivity (Wildman–Crippen MR) is 72.6 cm³/mol. The quantitative estimate of drug-likeness (QED) is 0.880. The topological polar surface area (TPSA) is 51.4 Å².